The normalized spacial score (nSPS) is 11.2. The van der Waals surface area contributed by atoms with Gasteiger partial charge < -0.3 is 0 Å². The van der Waals surface area contributed by atoms with Gasteiger partial charge in [-0.25, -0.2) is 0 Å². The predicted molar refractivity (Wildman–Crippen MR) is 61.2 cm³/mol. The van der Waals surface area contributed by atoms with Gasteiger partial charge in [-0.1, -0.05) is 0 Å². The van der Waals surface area contributed by atoms with Gasteiger partial charge in [0.15, 0.2) is 0 Å². The quantitative estimate of drug-likeness (QED) is 0.570. The molecule has 0 atom stereocenters. The van der Waals surface area contributed by atoms with Gasteiger partial charge in [0.1, 0.15) is 0 Å². The van der Waals surface area contributed by atoms with Crippen molar-refractivity contribution in [3.8, 4) is 0 Å². The number of nitrogens with zero attached hydrogens (tertiary/aromatic N) is 1. The van der Waals surface area contributed by atoms with E-state index in [1.807, 2.05) is 29.3 Å². The molecule has 0 aliphatic carbocycles. The van der Waals surface area contributed by atoms with Crippen LogP contribution in [0.2, 0.25) is 5.02 Å². The van der Waals surface area contributed by atoms with Crippen molar-refractivity contribution in [1.82, 2.24) is 4.98 Å². The summed E-state index contributed by atoms with van der Waals surface area (Å²) in [6.45, 7) is 0. The molecule has 0 spiro atoms. The van der Waals surface area contributed by atoms with E-state index in [4.69, 9.17) is 11.6 Å². The Morgan fingerprint density at radius 3 is 2.79 bits per heavy atom. The van der Waals surface area contributed by atoms with Gasteiger partial charge in [0, 0.05) is 0 Å². The van der Waals surface area contributed by atoms with E-state index in [2.05, 4.69) is 11.1 Å². The first-order valence-electron chi connectivity index (χ1n) is 4.27. The molecule has 0 unspecified atom stereocenters. The first-order chi connectivity index (χ1) is 6.86. The fraction of sp³-hybridized carbons (Fsp3) is 0. The maximum absolute atomic E-state index is 6.20. The van der Waals surface area contributed by atoms with E-state index >= 15 is 0 Å². The third kappa shape index (κ3) is 1.12. The molecule has 3 aromatic rings. The van der Waals surface area contributed by atoms with Crippen LogP contribution in [-0.4, -0.2) is 19.5 Å². The molecule has 0 amide bonds. The average molecular weight is 267 g/mol. The van der Waals surface area contributed by atoms with E-state index in [1.165, 1.54) is 9.65 Å². The monoisotopic (exact) mass is 267 g/mol. The van der Waals surface area contributed by atoms with Crippen LogP contribution in [0.25, 0.3) is 20.5 Å². The van der Waals surface area contributed by atoms with Crippen LogP contribution >= 0.6 is 11.6 Å². The summed E-state index contributed by atoms with van der Waals surface area (Å²) in [5.41, 5.74) is 1.12. The summed E-state index contributed by atoms with van der Waals surface area (Å²) in [6, 6.07) is 10.2. The molecule has 0 radical (unpaired) electrons. The molecule has 0 bridgehead atoms. The second-order valence-corrected chi connectivity index (χ2v) is 5.37. The Hall–Kier alpha value is -0.821. The number of aromatic nitrogens is 1. The Morgan fingerprint density at radius 1 is 1.14 bits per heavy atom. The number of hydrogen-bond acceptors (Lipinski definition) is 1. The van der Waals surface area contributed by atoms with E-state index in [9.17, 15) is 0 Å². The van der Waals surface area contributed by atoms with Crippen LogP contribution in [-0.2, 0) is 0 Å². The van der Waals surface area contributed by atoms with Gasteiger partial charge in [-0.15, -0.1) is 0 Å². The molecule has 0 fully saturated rings. The minimum atomic E-state index is 0.364. The molecule has 0 saturated carbocycles. The third-order valence-corrected chi connectivity index (χ3v) is 4.23. The second kappa shape index (κ2) is 3.09. The van der Waals surface area contributed by atoms with Crippen LogP contribution in [0.4, 0.5) is 0 Å². The molecule has 0 N–H and O–H groups in total. The topological polar surface area (TPSA) is 12.9 Å². The van der Waals surface area contributed by atoms with Crippen LogP contribution in [0.3, 0.4) is 0 Å². The molecule has 0 saturated heterocycles. The van der Waals surface area contributed by atoms with Gasteiger partial charge in [0.25, 0.3) is 0 Å². The molecule has 2 aromatic carbocycles. The first-order valence-corrected chi connectivity index (χ1v) is 6.49. The third-order valence-electron chi connectivity index (χ3n) is 2.29. The van der Waals surface area contributed by atoms with E-state index in [0.29, 0.717) is 14.5 Å². The van der Waals surface area contributed by atoms with Crippen molar-refractivity contribution in [2.45, 2.75) is 0 Å². The van der Waals surface area contributed by atoms with Crippen LogP contribution < -0.4 is 0 Å². The fourth-order valence-corrected chi connectivity index (χ4v) is 3.61. The molecule has 1 aromatic heterocycles. The van der Waals surface area contributed by atoms with Crippen molar-refractivity contribution < 1.29 is 0 Å². The van der Waals surface area contributed by atoms with Gasteiger partial charge in [-0.2, -0.15) is 0 Å². The molecule has 0 aliphatic heterocycles. The Balaban J connectivity index is 2.67. The minimum absolute atomic E-state index is 0.364. The summed E-state index contributed by atoms with van der Waals surface area (Å²) >= 11 is 6.56. The zero-order valence-electron chi connectivity index (χ0n) is 7.20. The molecule has 3 heteroatoms. The zero-order chi connectivity index (χ0) is 9.54. The Morgan fingerprint density at radius 2 is 1.93 bits per heavy atom. The van der Waals surface area contributed by atoms with Crippen LogP contribution in [0.15, 0.2) is 35.4 Å². The summed E-state index contributed by atoms with van der Waals surface area (Å²) in [6.07, 6.45) is 0. The van der Waals surface area contributed by atoms with E-state index < -0.39 is 0 Å². The summed E-state index contributed by atoms with van der Waals surface area (Å²) in [7, 11) is 0. The number of benzene rings is 2. The maximum atomic E-state index is 6.20. The summed E-state index contributed by atoms with van der Waals surface area (Å²) in [5.74, 6) is 0. The van der Waals surface area contributed by atoms with Crippen molar-refractivity contribution in [2.75, 3.05) is 0 Å². The summed E-state index contributed by atoms with van der Waals surface area (Å²) in [5, 5.41) is 5.11. The first kappa shape index (κ1) is 8.48. The van der Waals surface area contributed by atoms with Crippen LogP contribution in [0.1, 0.15) is 0 Å². The summed E-state index contributed by atoms with van der Waals surface area (Å²) < 4.78 is 1.29. The van der Waals surface area contributed by atoms with Crippen molar-refractivity contribution in [3.63, 3.8) is 0 Å². The second-order valence-electron chi connectivity index (χ2n) is 3.10. The van der Waals surface area contributed by atoms with E-state index in [-0.39, 0.29) is 0 Å². The number of fused-ring (bicyclic) bond motifs is 3. The molecule has 1 nitrogen and oxygen atoms in total. The van der Waals surface area contributed by atoms with Crippen LogP contribution in [0, 0.1) is 0 Å². The fourth-order valence-electron chi connectivity index (χ4n) is 1.65. The Labute approximate surface area is 92.1 Å². The molecule has 0 aliphatic rings. The number of halogens is 1. The predicted octanol–water partition coefficient (Wildman–Crippen LogP) is 3.10. The van der Waals surface area contributed by atoms with Gasteiger partial charge >= 0.3 is 92.1 Å². The Bertz CT molecular complexity index is 615. The van der Waals surface area contributed by atoms with E-state index in [0.717, 1.165) is 15.9 Å². The van der Waals surface area contributed by atoms with Crippen molar-refractivity contribution in [2.24, 2.45) is 0 Å². The number of hydrogen-bond donors (Lipinski definition) is 0. The Kier molecular flexibility index (Phi) is 1.88. The molecule has 1 heterocycles. The van der Waals surface area contributed by atoms with Crippen molar-refractivity contribution in [3.05, 3.63) is 40.4 Å². The van der Waals surface area contributed by atoms with Gasteiger partial charge in [0.05, 0.1) is 0 Å². The SMILES string of the molecule is Clc1cc2[se]cnc2c2ccccc12. The molecule has 14 heavy (non-hydrogen) atoms. The van der Waals surface area contributed by atoms with Gasteiger partial charge in [-0.05, 0) is 0 Å². The molecule has 3 rings (SSSR count). The molecular weight excluding hydrogens is 261 g/mol. The van der Waals surface area contributed by atoms with Crippen molar-refractivity contribution >= 4 is 46.7 Å². The summed E-state index contributed by atoms with van der Waals surface area (Å²) in [4.78, 5) is 4.41. The van der Waals surface area contributed by atoms with Crippen LogP contribution in [0.5, 0.6) is 0 Å². The van der Waals surface area contributed by atoms with Crippen molar-refractivity contribution in [1.29, 1.82) is 0 Å². The van der Waals surface area contributed by atoms with Gasteiger partial charge in [-0.3, -0.25) is 0 Å². The number of rotatable bonds is 0. The standard InChI is InChI=1S/C11H6ClNSe/c12-9-5-10-11(13-6-14-10)8-4-2-1-3-7(8)9/h1-6H. The average Bonchev–Trinajstić information content (AvgIpc) is 2.66. The molecular formula is C11H6ClNSe. The van der Waals surface area contributed by atoms with Gasteiger partial charge in [0.2, 0.25) is 0 Å². The zero-order valence-corrected chi connectivity index (χ0v) is 9.67. The molecule has 68 valence electrons. The van der Waals surface area contributed by atoms with E-state index in [1.54, 1.807) is 0 Å².